The fraction of sp³-hybridized carbons (Fsp3) is 0.214. The molecule has 16 heavy (non-hydrogen) atoms. The normalized spacial score (nSPS) is 14.2. The van der Waals surface area contributed by atoms with Crippen LogP contribution in [0.1, 0.15) is 5.56 Å². The second kappa shape index (κ2) is 5.31. The van der Waals surface area contributed by atoms with Crippen LogP contribution >= 0.6 is 0 Å². The van der Waals surface area contributed by atoms with Gasteiger partial charge in [-0.05, 0) is 5.56 Å². The van der Waals surface area contributed by atoms with E-state index in [0.717, 1.165) is 6.42 Å². The van der Waals surface area contributed by atoms with Gasteiger partial charge in [-0.15, -0.1) is 0 Å². The van der Waals surface area contributed by atoms with E-state index in [4.69, 9.17) is 4.74 Å². The number of esters is 1. The van der Waals surface area contributed by atoms with E-state index in [1.165, 1.54) is 5.56 Å². The highest BCUT2D eigenvalue weighted by Crippen LogP contribution is 2.10. The topological polar surface area (TPSA) is 26.3 Å². The molecule has 0 saturated heterocycles. The molecule has 2 heteroatoms. The van der Waals surface area contributed by atoms with Crippen LogP contribution < -0.4 is 0 Å². The number of carbonyl (C=O) groups excluding carboxylic acids is 1. The van der Waals surface area contributed by atoms with E-state index in [0.29, 0.717) is 6.61 Å². The van der Waals surface area contributed by atoms with Crippen LogP contribution in [0.25, 0.3) is 0 Å². The van der Waals surface area contributed by atoms with Crippen molar-refractivity contribution >= 4 is 5.97 Å². The molecule has 1 aliphatic carbocycles. The minimum Gasteiger partial charge on any atom is -0.465 e. The van der Waals surface area contributed by atoms with Gasteiger partial charge in [0.1, 0.15) is 0 Å². The number of rotatable bonds is 4. The molecule has 0 amide bonds. The van der Waals surface area contributed by atoms with Gasteiger partial charge in [0.2, 0.25) is 0 Å². The third kappa shape index (κ3) is 2.83. The maximum atomic E-state index is 11.5. The number of carbonyl (C=O) groups is 1. The van der Waals surface area contributed by atoms with Crippen LogP contribution in [0.15, 0.2) is 54.6 Å². The van der Waals surface area contributed by atoms with Crippen molar-refractivity contribution in [2.45, 2.75) is 6.42 Å². The van der Waals surface area contributed by atoms with Crippen molar-refractivity contribution in [3.05, 3.63) is 60.2 Å². The fourth-order valence-corrected chi connectivity index (χ4v) is 1.60. The molecule has 0 aliphatic heterocycles. The number of benzene rings is 1. The van der Waals surface area contributed by atoms with Gasteiger partial charge < -0.3 is 4.74 Å². The van der Waals surface area contributed by atoms with E-state index in [9.17, 15) is 4.79 Å². The average molecular weight is 214 g/mol. The van der Waals surface area contributed by atoms with Crippen LogP contribution in [0.3, 0.4) is 0 Å². The highest BCUT2D eigenvalue weighted by Gasteiger charge is 2.15. The Hall–Kier alpha value is -1.83. The summed E-state index contributed by atoms with van der Waals surface area (Å²) in [4.78, 5) is 11.5. The molecule has 2 nitrogen and oxygen atoms in total. The van der Waals surface area contributed by atoms with Gasteiger partial charge in [0.15, 0.2) is 0 Å². The van der Waals surface area contributed by atoms with Crippen LogP contribution in [0.2, 0.25) is 0 Å². The molecule has 0 radical (unpaired) electrons. The van der Waals surface area contributed by atoms with Crippen LogP contribution in [0.5, 0.6) is 0 Å². The first-order valence-electron chi connectivity index (χ1n) is 5.42. The molecular weight excluding hydrogens is 200 g/mol. The molecular formula is C14H14O2. The molecule has 1 aliphatic rings. The Labute approximate surface area is 95.2 Å². The summed E-state index contributed by atoms with van der Waals surface area (Å²) >= 11 is 0. The minimum absolute atomic E-state index is 0.166. The lowest BCUT2D eigenvalue weighted by molar-refractivity contribution is -0.145. The number of hydrogen-bond donors (Lipinski definition) is 0. The summed E-state index contributed by atoms with van der Waals surface area (Å²) < 4.78 is 5.19. The first kappa shape index (κ1) is 10.7. The predicted molar refractivity (Wildman–Crippen MR) is 62.9 cm³/mol. The Morgan fingerprint density at radius 1 is 1.12 bits per heavy atom. The van der Waals surface area contributed by atoms with Crippen LogP contribution in [-0.2, 0) is 16.0 Å². The quantitative estimate of drug-likeness (QED) is 0.720. The number of allylic oxidation sites excluding steroid dienone is 2. The fourth-order valence-electron chi connectivity index (χ4n) is 1.60. The molecule has 0 fully saturated rings. The summed E-state index contributed by atoms with van der Waals surface area (Å²) in [6, 6.07) is 10.0. The maximum absolute atomic E-state index is 11.5. The van der Waals surface area contributed by atoms with Crippen molar-refractivity contribution in [2.75, 3.05) is 6.61 Å². The molecule has 0 atom stereocenters. The molecule has 0 heterocycles. The van der Waals surface area contributed by atoms with Gasteiger partial charge in [-0.1, -0.05) is 54.6 Å². The summed E-state index contributed by atoms with van der Waals surface area (Å²) in [5.74, 6) is -0.350. The Morgan fingerprint density at radius 2 is 1.81 bits per heavy atom. The lowest BCUT2D eigenvalue weighted by Crippen LogP contribution is -2.14. The third-order valence-corrected chi connectivity index (χ3v) is 2.50. The molecule has 0 spiro atoms. The van der Waals surface area contributed by atoms with E-state index >= 15 is 0 Å². The SMILES string of the molecule is O=C(OCCc1ccccc1)C1C=CC=C1. The van der Waals surface area contributed by atoms with Crippen molar-refractivity contribution in [1.29, 1.82) is 0 Å². The van der Waals surface area contributed by atoms with Gasteiger partial charge in [-0.25, -0.2) is 0 Å². The maximum Gasteiger partial charge on any atom is 0.316 e. The van der Waals surface area contributed by atoms with Crippen molar-refractivity contribution in [1.82, 2.24) is 0 Å². The number of hydrogen-bond acceptors (Lipinski definition) is 2. The van der Waals surface area contributed by atoms with Crippen LogP contribution in [0, 0.1) is 5.92 Å². The van der Waals surface area contributed by atoms with E-state index < -0.39 is 0 Å². The zero-order chi connectivity index (χ0) is 11.2. The molecule has 1 aromatic carbocycles. The summed E-state index contributed by atoms with van der Waals surface area (Å²) in [6.07, 6.45) is 8.18. The predicted octanol–water partition coefficient (Wildman–Crippen LogP) is 2.51. The molecule has 0 bridgehead atoms. The highest BCUT2D eigenvalue weighted by molar-refractivity contribution is 5.77. The highest BCUT2D eigenvalue weighted by atomic mass is 16.5. The average Bonchev–Trinajstić information content (AvgIpc) is 2.84. The summed E-state index contributed by atoms with van der Waals surface area (Å²) in [5, 5.41) is 0. The van der Waals surface area contributed by atoms with Gasteiger partial charge in [0, 0.05) is 6.42 Å². The zero-order valence-electron chi connectivity index (χ0n) is 9.00. The lowest BCUT2D eigenvalue weighted by Gasteiger charge is -2.07. The van der Waals surface area contributed by atoms with Crippen LogP contribution in [-0.4, -0.2) is 12.6 Å². The van der Waals surface area contributed by atoms with Crippen molar-refractivity contribution < 1.29 is 9.53 Å². The molecule has 0 aromatic heterocycles. The summed E-state index contributed by atoms with van der Waals surface area (Å²) in [6.45, 7) is 0.445. The lowest BCUT2D eigenvalue weighted by atomic mass is 10.1. The molecule has 0 saturated carbocycles. The summed E-state index contributed by atoms with van der Waals surface area (Å²) in [5.41, 5.74) is 1.19. The second-order valence-corrected chi connectivity index (χ2v) is 3.70. The Kier molecular flexibility index (Phi) is 3.54. The monoisotopic (exact) mass is 214 g/mol. The van der Waals surface area contributed by atoms with E-state index in [2.05, 4.69) is 0 Å². The second-order valence-electron chi connectivity index (χ2n) is 3.70. The van der Waals surface area contributed by atoms with Gasteiger partial charge >= 0.3 is 5.97 Å². The molecule has 1 aromatic rings. The minimum atomic E-state index is -0.184. The standard InChI is InChI=1S/C14H14O2/c15-14(13-8-4-5-9-13)16-11-10-12-6-2-1-3-7-12/h1-9,13H,10-11H2. The van der Waals surface area contributed by atoms with Gasteiger partial charge in [0.05, 0.1) is 12.5 Å². The van der Waals surface area contributed by atoms with Gasteiger partial charge in [0.25, 0.3) is 0 Å². The first-order chi connectivity index (χ1) is 7.86. The van der Waals surface area contributed by atoms with E-state index in [-0.39, 0.29) is 11.9 Å². The zero-order valence-corrected chi connectivity index (χ0v) is 9.00. The molecule has 2 rings (SSSR count). The largest absolute Gasteiger partial charge is 0.465 e. The van der Waals surface area contributed by atoms with Crippen molar-refractivity contribution in [3.63, 3.8) is 0 Å². The molecule has 0 N–H and O–H groups in total. The van der Waals surface area contributed by atoms with Crippen molar-refractivity contribution in [2.24, 2.45) is 5.92 Å². The Morgan fingerprint density at radius 3 is 2.50 bits per heavy atom. The van der Waals surface area contributed by atoms with E-state index in [1.54, 1.807) is 0 Å². The smallest absolute Gasteiger partial charge is 0.316 e. The Balaban J connectivity index is 1.74. The molecule has 82 valence electrons. The van der Waals surface area contributed by atoms with Gasteiger partial charge in [-0.2, -0.15) is 0 Å². The number of ether oxygens (including phenoxy) is 1. The van der Waals surface area contributed by atoms with Crippen LogP contribution in [0.4, 0.5) is 0 Å². The first-order valence-corrected chi connectivity index (χ1v) is 5.42. The Bertz CT molecular complexity index is 392. The third-order valence-electron chi connectivity index (χ3n) is 2.50. The van der Waals surface area contributed by atoms with E-state index in [1.807, 2.05) is 54.6 Å². The summed E-state index contributed by atoms with van der Waals surface area (Å²) in [7, 11) is 0. The van der Waals surface area contributed by atoms with Gasteiger partial charge in [-0.3, -0.25) is 4.79 Å². The molecule has 0 unspecified atom stereocenters. The van der Waals surface area contributed by atoms with Crippen molar-refractivity contribution in [3.8, 4) is 0 Å².